The number of H-pyrrole nitrogens is 1. The normalized spacial score (nSPS) is 17.6. The molecule has 1 N–H and O–H groups in total. The van der Waals surface area contributed by atoms with Gasteiger partial charge >= 0.3 is 12.2 Å². The quantitative estimate of drug-likeness (QED) is 0.360. The molecule has 3 aliphatic heterocycles. The molecule has 46 heavy (non-hydrogen) atoms. The second-order valence-electron chi connectivity index (χ2n) is 11.5. The van der Waals surface area contributed by atoms with Crippen molar-refractivity contribution in [2.24, 2.45) is 0 Å². The van der Waals surface area contributed by atoms with Crippen LogP contribution in [0.3, 0.4) is 0 Å². The molecule has 4 heterocycles. The van der Waals surface area contributed by atoms with Gasteiger partial charge in [-0.2, -0.15) is 0 Å². The topological polar surface area (TPSA) is 132 Å². The number of hydrogen-bond acceptors (Lipinski definition) is 10. The summed E-state index contributed by atoms with van der Waals surface area (Å²) in [5.74, 6) is 0.546. The zero-order chi connectivity index (χ0) is 32.2. The third kappa shape index (κ3) is 6.66. The van der Waals surface area contributed by atoms with Gasteiger partial charge in [0, 0.05) is 66.5 Å². The van der Waals surface area contributed by atoms with Crippen molar-refractivity contribution < 1.29 is 42.8 Å². The molecule has 0 unspecified atom stereocenters. The largest absolute Gasteiger partial charge is 0.497 e. The summed E-state index contributed by atoms with van der Waals surface area (Å²) in [6.45, 7) is 3.83. The van der Waals surface area contributed by atoms with Gasteiger partial charge in [-0.05, 0) is 51.7 Å². The van der Waals surface area contributed by atoms with Gasteiger partial charge in [-0.15, -0.1) is 0 Å². The Hall–Kier alpha value is -4.59. The first kappa shape index (κ1) is 31.4. The van der Waals surface area contributed by atoms with E-state index in [1.54, 1.807) is 7.11 Å². The zero-order valence-electron chi connectivity index (χ0n) is 26.3. The number of Topliss-reactive ketones (excluding diaryl/α,β-unsaturated/α-hetero) is 1. The van der Waals surface area contributed by atoms with Gasteiger partial charge < -0.3 is 48.1 Å². The van der Waals surface area contributed by atoms with Crippen molar-refractivity contribution in [2.45, 2.75) is 12.8 Å². The van der Waals surface area contributed by atoms with Gasteiger partial charge in [0.15, 0.2) is 11.5 Å². The highest BCUT2D eigenvalue weighted by atomic mass is 16.6. The smallest absolute Gasteiger partial charge is 0.415 e. The Kier molecular flexibility index (Phi) is 9.43. The molecule has 1 aromatic heterocycles. The van der Waals surface area contributed by atoms with Crippen molar-refractivity contribution >= 4 is 34.4 Å². The third-order valence-corrected chi connectivity index (χ3v) is 8.15. The Labute approximate surface area is 266 Å². The van der Waals surface area contributed by atoms with Crippen LogP contribution in [0.15, 0.2) is 42.3 Å². The average Bonchev–Trinajstić information content (AvgIpc) is 3.64. The van der Waals surface area contributed by atoms with Crippen LogP contribution in [0.2, 0.25) is 0 Å². The zero-order valence-corrected chi connectivity index (χ0v) is 26.3. The van der Waals surface area contributed by atoms with Gasteiger partial charge in [0.25, 0.3) is 0 Å². The summed E-state index contributed by atoms with van der Waals surface area (Å²) in [5, 5.41) is 0.873. The van der Waals surface area contributed by atoms with E-state index in [1.807, 2.05) is 38.5 Å². The van der Waals surface area contributed by atoms with Crippen LogP contribution in [0, 0.1) is 0 Å². The Morgan fingerprint density at radius 2 is 1.59 bits per heavy atom. The maximum absolute atomic E-state index is 14.3. The number of fused-ring (bicyclic) bond motifs is 2. The van der Waals surface area contributed by atoms with Crippen LogP contribution in [-0.2, 0) is 9.47 Å². The highest BCUT2D eigenvalue weighted by Crippen LogP contribution is 2.45. The average molecular weight is 635 g/mol. The van der Waals surface area contributed by atoms with Crippen LogP contribution in [0.1, 0.15) is 28.8 Å². The summed E-state index contributed by atoms with van der Waals surface area (Å²) in [6, 6.07) is 8.58. The van der Waals surface area contributed by atoms with Crippen LogP contribution < -0.4 is 18.9 Å². The lowest BCUT2D eigenvalue weighted by atomic mass is 9.96. The highest BCUT2D eigenvalue weighted by Gasteiger charge is 2.37. The first-order valence-electron chi connectivity index (χ1n) is 15.4. The fourth-order valence-corrected chi connectivity index (χ4v) is 5.71. The predicted molar refractivity (Wildman–Crippen MR) is 168 cm³/mol. The van der Waals surface area contributed by atoms with E-state index in [9.17, 15) is 14.4 Å². The lowest BCUT2D eigenvalue weighted by molar-refractivity contribution is 0.0409. The molecule has 3 aromatic rings. The van der Waals surface area contributed by atoms with E-state index in [1.165, 1.54) is 21.9 Å². The minimum absolute atomic E-state index is 0.0491. The van der Waals surface area contributed by atoms with Crippen LogP contribution in [0.25, 0.3) is 16.5 Å². The number of carbonyl (C=O) groups excluding carboxylic acids is 3. The summed E-state index contributed by atoms with van der Waals surface area (Å²) in [4.78, 5) is 48.8. The van der Waals surface area contributed by atoms with E-state index in [2.05, 4.69) is 9.88 Å². The highest BCUT2D eigenvalue weighted by molar-refractivity contribution is 6.19. The van der Waals surface area contributed by atoms with Gasteiger partial charge in [0.1, 0.15) is 22.8 Å². The van der Waals surface area contributed by atoms with Gasteiger partial charge in [0.2, 0.25) is 5.78 Å². The van der Waals surface area contributed by atoms with E-state index >= 15 is 0 Å². The number of benzene rings is 2. The number of amides is 2. The number of hydrogen-bond donors (Lipinski definition) is 1. The first-order valence-corrected chi connectivity index (χ1v) is 15.4. The van der Waals surface area contributed by atoms with E-state index < -0.39 is 18.0 Å². The summed E-state index contributed by atoms with van der Waals surface area (Å²) >= 11 is 0. The number of ether oxygens (including phenoxy) is 6. The Bertz CT molecular complexity index is 1650. The van der Waals surface area contributed by atoms with E-state index in [4.69, 9.17) is 28.4 Å². The number of morpholine rings is 2. The fraction of sp³-hybridized carbons (Fsp3) is 0.424. The van der Waals surface area contributed by atoms with Crippen molar-refractivity contribution in [1.82, 2.24) is 19.7 Å². The molecule has 13 heteroatoms. The molecule has 13 nitrogen and oxygen atoms in total. The predicted octanol–water partition coefficient (Wildman–Crippen LogP) is 4.17. The molecule has 3 aliphatic rings. The minimum atomic E-state index is -0.637. The molecule has 244 valence electrons. The van der Waals surface area contributed by atoms with Crippen molar-refractivity contribution in [3.8, 4) is 23.0 Å². The minimum Gasteiger partial charge on any atom is -0.497 e. The Balaban J connectivity index is 1.40. The monoisotopic (exact) mass is 634 g/mol. The molecule has 2 fully saturated rings. The summed E-state index contributed by atoms with van der Waals surface area (Å²) in [7, 11) is 5.59. The SMILES string of the molecule is COc1ccc2[nH]cc(C(CCCN(C)C)=C3Oc4cc(OC(=O)N5CCOCC5)cc(OC(=O)N5CCOCC5)c4C3=O)c2c1. The molecule has 0 saturated carbocycles. The number of rotatable bonds is 8. The molecule has 2 amide bonds. The number of nitrogens with zero attached hydrogens (tertiary/aromatic N) is 3. The standard InChI is InChI=1S/C33H38N4O9/c1-35(2)8-4-5-23(25-20-34-26-7-6-21(41-3)17-24(25)26)31-30(38)29-27(45-31)18-22(44-32(39)36-9-13-42-14-10-36)19-28(29)46-33(40)37-11-15-43-16-12-37/h6-7,17-20,34H,4-5,8-16H2,1-3H3. The lowest BCUT2D eigenvalue weighted by Gasteiger charge is -2.26. The lowest BCUT2D eigenvalue weighted by Crippen LogP contribution is -2.42. The molecule has 2 aromatic carbocycles. The number of aromatic nitrogens is 1. The van der Waals surface area contributed by atoms with Gasteiger partial charge in [-0.3, -0.25) is 4.79 Å². The Morgan fingerprint density at radius 3 is 2.24 bits per heavy atom. The number of allylic oxidation sites excluding steroid dienone is 2. The number of methoxy groups -OCH3 is 1. The van der Waals surface area contributed by atoms with Crippen molar-refractivity contribution in [1.29, 1.82) is 0 Å². The Morgan fingerprint density at radius 1 is 0.913 bits per heavy atom. The van der Waals surface area contributed by atoms with Crippen molar-refractivity contribution in [3.63, 3.8) is 0 Å². The van der Waals surface area contributed by atoms with Crippen LogP contribution in [0.5, 0.6) is 23.0 Å². The van der Waals surface area contributed by atoms with Gasteiger partial charge in [0.05, 0.1) is 33.5 Å². The van der Waals surface area contributed by atoms with E-state index in [-0.39, 0.29) is 28.6 Å². The molecule has 0 atom stereocenters. The summed E-state index contributed by atoms with van der Waals surface area (Å²) in [6.07, 6.45) is 1.92. The molecular weight excluding hydrogens is 596 g/mol. The van der Waals surface area contributed by atoms with Crippen LogP contribution in [-0.4, -0.2) is 118 Å². The fourth-order valence-electron chi connectivity index (χ4n) is 5.71. The van der Waals surface area contributed by atoms with Gasteiger partial charge in [-0.1, -0.05) is 0 Å². The molecule has 2 saturated heterocycles. The number of aromatic amines is 1. The summed E-state index contributed by atoms with van der Waals surface area (Å²) in [5.41, 5.74) is 2.46. The number of ketones is 1. The van der Waals surface area contributed by atoms with E-state index in [0.29, 0.717) is 70.3 Å². The van der Waals surface area contributed by atoms with Crippen LogP contribution in [0.4, 0.5) is 9.59 Å². The molecule has 0 bridgehead atoms. The third-order valence-electron chi connectivity index (χ3n) is 8.15. The summed E-state index contributed by atoms with van der Waals surface area (Å²) < 4.78 is 34.0. The van der Waals surface area contributed by atoms with Crippen molar-refractivity contribution in [2.75, 3.05) is 80.4 Å². The maximum Gasteiger partial charge on any atom is 0.415 e. The molecule has 0 aliphatic carbocycles. The molecular formula is C33H38N4O9. The van der Waals surface area contributed by atoms with Crippen LogP contribution >= 0.6 is 0 Å². The van der Waals surface area contributed by atoms with Crippen molar-refractivity contribution in [3.05, 3.63) is 53.4 Å². The van der Waals surface area contributed by atoms with E-state index in [0.717, 1.165) is 29.4 Å². The molecule has 0 spiro atoms. The second-order valence-corrected chi connectivity index (χ2v) is 11.5. The molecule has 6 rings (SSSR count). The number of nitrogens with one attached hydrogen (secondary N) is 1. The molecule has 0 radical (unpaired) electrons. The first-order chi connectivity index (χ1) is 22.3. The second kappa shape index (κ2) is 13.8. The maximum atomic E-state index is 14.3. The number of carbonyl (C=O) groups is 3. The van der Waals surface area contributed by atoms with Gasteiger partial charge in [-0.25, -0.2) is 9.59 Å².